The summed E-state index contributed by atoms with van der Waals surface area (Å²) in [7, 11) is 1.79. The minimum absolute atomic E-state index is 0.0787. The van der Waals surface area contributed by atoms with Crippen LogP contribution in [-0.4, -0.2) is 33.0 Å². The third kappa shape index (κ3) is 3.32. The van der Waals surface area contributed by atoms with Crippen molar-refractivity contribution in [2.45, 2.75) is 40.2 Å². The SMILES string of the molecule is CCCC(C)C(=O)N(C)Cc1n[nH]c(C)n1. The molecule has 0 aliphatic heterocycles. The van der Waals surface area contributed by atoms with E-state index in [0.29, 0.717) is 12.4 Å². The van der Waals surface area contributed by atoms with Gasteiger partial charge in [-0.2, -0.15) is 5.10 Å². The van der Waals surface area contributed by atoms with E-state index in [4.69, 9.17) is 0 Å². The number of H-pyrrole nitrogens is 1. The summed E-state index contributed by atoms with van der Waals surface area (Å²) in [5.74, 6) is 1.67. The van der Waals surface area contributed by atoms with Gasteiger partial charge >= 0.3 is 0 Å². The van der Waals surface area contributed by atoms with Crippen LogP contribution in [0.25, 0.3) is 0 Å². The second kappa shape index (κ2) is 5.63. The van der Waals surface area contributed by atoms with E-state index in [1.54, 1.807) is 11.9 Å². The van der Waals surface area contributed by atoms with Crippen molar-refractivity contribution in [3.63, 3.8) is 0 Å². The number of carbonyl (C=O) groups is 1. The maximum Gasteiger partial charge on any atom is 0.225 e. The van der Waals surface area contributed by atoms with Crippen LogP contribution in [0.1, 0.15) is 38.3 Å². The number of aromatic nitrogens is 3. The monoisotopic (exact) mass is 224 g/mol. The first-order valence-corrected chi connectivity index (χ1v) is 5.67. The van der Waals surface area contributed by atoms with Crippen molar-refractivity contribution in [2.75, 3.05) is 7.05 Å². The molecule has 1 heterocycles. The molecule has 16 heavy (non-hydrogen) atoms. The van der Waals surface area contributed by atoms with Gasteiger partial charge in [0.1, 0.15) is 5.82 Å². The fraction of sp³-hybridized carbons (Fsp3) is 0.727. The average Bonchev–Trinajstić information content (AvgIpc) is 2.63. The van der Waals surface area contributed by atoms with Crippen molar-refractivity contribution in [1.82, 2.24) is 20.1 Å². The maximum absolute atomic E-state index is 11.9. The van der Waals surface area contributed by atoms with Gasteiger partial charge in [0.25, 0.3) is 0 Å². The number of nitrogens with zero attached hydrogens (tertiary/aromatic N) is 3. The number of hydrogen-bond acceptors (Lipinski definition) is 3. The van der Waals surface area contributed by atoms with E-state index in [2.05, 4.69) is 22.1 Å². The smallest absolute Gasteiger partial charge is 0.225 e. The highest BCUT2D eigenvalue weighted by atomic mass is 16.2. The molecule has 0 radical (unpaired) electrons. The fourth-order valence-corrected chi connectivity index (χ4v) is 1.68. The molecular formula is C11H20N4O. The Balaban J connectivity index is 2.51. The number of rotatable bonds is 5. The van der Waals surface area contributed by atoms with Crippen LogP contribution in [0, 0.1) is 12.8 Å². The van der Waals surface area contributed by atoms with Gasteiger partial charge in [-0.1, -0.05) is 20.3 Å². The Morgan fingerprint density at radius 3 is 2.75 bits per heavy atom. The second-order valence-corrected chi connectivity index (χ2v) is 4.22. The highest BCUT2D eigenvalue weighted by Gasteiger charge is 2.17. The minimum atomic E-state index is 0.0787. The van der Waals surface area contributed by atoms with E-state index in [1.165, 1.54) is 0 Å². The first-order valence-electron chi connectivity index (χ1n) is 5.67. The van der Waals surface area contributed by atoms with Gasteiger partial charge in [-0.25, -0.2) is 4.98 Å². The zero-order chi connectivity index (χ0) is 12.1. The van der Waals surface area contributed by atoms with Gasteiger partial charge < -0.3 is 4.90 Å². The van der Waals surface area contributed by atoms with Crippen LogP contribution in [0.5, 0.6) is 0 Å². The molecule has 0 spiro atoms. The molecule has 0 bridgehead atoms. The molecular weight excluding hydrogens is 204 g/mol. The largest absolute Gasteiger partial charge is 0.338 e. The number of carbonyl (C=O) groups excluding carboxylic acids is 1. The molecule has 1 N–H and O–H groups in total. The topological polar surface area (TPSA) is 61.9 Å². The van der Waals surface area contributed by atoms with E-state index in [9.17, 15) is 4.79 Å². The predicted molar refractivity (Wildman–Crippen MR) is 61.7 cm³/mol. The summed E-state index contributed by atoms with van der Waals surface area (Å²) < 4.78 is 0. The summed E-state index contributed by atoms with van der Waals surface area (Å²) in [5.41, 5.74) is 0. The first kappa shape index (κ1) is 12.7. The van der Waals surface area contributed by atoms with E-state index in [0.717, 1.165) is 18.7 Å². The van der Waals surface area contributed by atoms with Gasteiger partial charge in [0.2, 0.25) is 5.91 Å². The van der Waals surface area contributed by atoms with Gasteiger partial charge in [-0.3, -0.25) is 9.89 Å². The van der Waals surface area contributed by atoms with E-state index >= 15 is 0 Å². The van der Waals surface area contributed by atoms with Crippen LogP contribution in [0.15, 0.2) is 0 Å². The molecule has 1 unspecified atom stereocenters. The number of nitrogens with one attached hydrogen (secondary N) is 1. The number of hydrogen-bond donors (Lipinski definition) is 1. The van der Waals surface area contributed by atoms with Crippen molar-refractivity contribution in [3.8, 4) is 0 Å². The quantitative estimate of drug-likeness (QED) is 0.824. The number of aromatic amines is 1. The molecule has 0 saturated carbocycles. The number of amides is 1. The first-order chi connectivity index (χ1) is 7.54. The molecule has 5 nitrogen and oxygen atoms in total. The second-order valence-electron chi connectivity index (χ2n) is 4.22. The Hall–Kier alpha value is -1.39. The highest BCUT2D eigenvalue weighted by molar-refractivity contribution is 5.78. The molecule has 0 saturated heterocycles. The van der Waals surface area contributed by atoms with Gasteiger partial charge in [0, 0.05) is 13.0 Å². The lowest BCUT2D eigenvalue weighted by Gasteiger charge is -2.19. The van der Waals surface area contributed by atoms with Crippen molar-refractivity contribution < 1.29 is 4.79 Å². The summed E-state index contributed by atoms with van der Waals surface area (Å²) in [6, 6.07) is 0. The van der Waals surface area contributed by atoms with Crippen LogP contribution < -0.4 is 0 Å². The Morgan fingerprint density at radius 1 is 1.56 bits per heavy atom. The Bertz CT molecular complexity index is 348. The maximum atomic E-state index is 11.9. The van der Waals surface area contributed by atoms with Crippen LogP contribution >= 0.6 is 0 Å². The van der Waals surface area contributed by atoms with Gasteiger partial charge in [-0.05, 0) is 13.3 Å². The summed E-state index contributed by atoms with van der Waals surface area (Å²) in [5, 5.41) is 6.78. The molecule has 1 rings (SSSR count). The Labute approximate surface area is 96.3 Å². The molecule has 5 heteroatoms. The highest BCUT2D eigenvalue weighted by Crippen LogP contribution is 2.09. The molecule has 0 aromatic carbocycles. The normalized spacial score (nSPS) is 12.5. The van der Waals surface area contributed by atoms with Gasteiger partial charge in [-0.15, -0.1) is 0 Å². The average molecular weight is 224 g/mol. The number of aryl methyl sites for hydroxylation is 1. The van der Waals surface area contributed by atoms with Crippen LogP contribution in [0.4, 0.5) is 0 Å². The van der Waals surface area contributed by atoms with Crippen LogP contribution in [0.3, 0.4) is 0 Å². The summed E-state index contributed by atoms with van der Waals surface area (Å²) in [4.78, 5) is 17.8. The van der Waals surface area contributed by atoms with Crippen molar-refractivity contribution in [3.05, 3.63) is 11.6 Å². The van der Waals surface area contributed by atoms with Gasteiger partial charge in [0.15, 0.2) is 5.82 Å². The molecule has 0 aliphatic rings. The van der Waals surface area contributed by atoms with Crippen LogP contribution in [0.2, 0.25) is 0 Å². The lowest BCUT2D eigenvalue weighted by atomic mass is 10.1. The van der Waals surface area contributed by atoms with Crippen LogP contribution in [-0.2, 0) is 11.3 Å². The van der Waals surface area contributed by atoms with Crippen molar-refractivity contribution >= 4 is 5.91 Å². The van der Waals surface area contributed by atoms with Gasteiger partial charge in [0.05, 0.1) is 6.54 Å². The zero-order valence-corrected chi connectivity index (χ0v) is 10.4. The third-order valence-electron chi connectivity index (χ3n) is 2.54. The molecule has 1 atom stereocenters. The Morgan fingerprint density at radius 2 is 2.25 bits per heavy atom. The van der Waals surface area contributed by atoms with Crippen molar-refractivity contribution in [1.29, 1.82) is 0 Å². The summed E-state index contributed by atoms with van der Waals surface area (Å²) in [6.45, 7) is 6.36. The lowest BCUT2D eigenvalue weighted by molar-refractivity contribution is -0.134. The molecule has 1 aromatic rings. The molecule has 1 aromatic heterocycles. The standard InChI is InChI=1S/C11H20N4O/c1-5-6-8(2)11(16)15(4)7-10-12-9(3)13-14-10/h8H,5-7H2,1-4H3,(H,12,13,14). The predicted octanol–water partition coefficient (Wildman–Crippen LogP) is 1.51. The van der Waals surface area contributed by atoms with E-state index in [1.807, 2.05) is 13.8 Å². The third-order valence-corrected chi connectivity index (χ3v) is 2.54. The Kier molecular flexibility index (Phi) is 4.46. The molecule has 1 amide bonds. The molecule has 90 valence electrons. The molecule has 0 aliphatic carbocycles. The van der Waals surface area contributed by atoms with Crippen molar-refractivity contribution in [2.24, 2.45) is 5.92 Å². The zero-order valence-electron chi connectivity index (χ0n) is 10.4. The summed E-state index contributed by atoms with van der Waals surface area (Å²) >= 11 is 0. The summed E-state index contributed by atoms with van der Waals surface area (Å²) in [6.07, 6.45) is 1.96. The fourth-order valence-electron chi connectivity index (χ4n) is 1.68. The van der Waals surface area contributed by atoms with E-state index < -0.39 is 0 Å². The lowest BCUT2D eigenvalue weighted by Crippen LogP contribution is -2.31. The van der Waals surface area contributed by atoms with E-state index in [-0.39, 0.29) is 11.8 Å². The molecule has 0 fully saturated rings. The minimum Gasteiger partial charge on any atom is -0.338 e.